The van der Waals surface area contributed by atoms with Gasteiger partial charge in [0.15, 0.2) is 5.96 Å². The average molecular weight is 457 g/mol. The number of benzene rings is 1. The molecule has 1 aromatic carbocycles. The van der Waals surface area contributed by atoms with Crippen LogP contribution in [0.1, 0.15) is 19.4 Å². The molecular weight excluding hydrogens is 431 g/mol. The number of nitrogens with zero attached hydrogens (tertiary/aromatic N) is 1. The van der Waals surface area contributed by atoms with Crippen LogP contribution in [-0.2, 0) is 11.3 Å². The lowest BCUT2D eigenvalue weighted by Crippen LogP contribution is -2.45. The molecule has 0 unspecified atom stereocenters. The number of hydrogen-bond acceptors (Lipinski definition) is 3. The summed E-state index contributed by atoms with van der Waals surface area (Å²) in [4.78, 5) is 4.13. The minimum atomic E-state index is -2.48. The Morgan fingerprint density at radius 3 is 2.58 bits per heavy atom. The maximum Gasteiger partial charge on any atom is 0.272 e. The summed E-state index contributed by atoms with van der Waals surface area (Å²) in [5.74, 6) is 1.06. The van der Waals surface area contributed by atoms with E-state index in [0.717, 1.165) is 5.56 Å². The number of methoxy groups -OCH3 is 1. The third-order valence-corrected chi connectivity index (χ3v) is 3.19. The topological polar surface area (TPSA) is 54.9 Å². The number of halogens is 3. The minimum absolute atomic E-state index is 0. The van der Waals surface area contributed by atoms with E-state index < -0.39 is 13.0 Å². The molecule has 0 aliphatic carbocycles. The van der Waals surface area contributed by atoms with Crippen LogP contribution in [0.2, 0.25) is 0 Å². The Morgan fingerprint density at radius 2 is 2.00 bits per heavy atom. The van der Waals surface area contributed by atoms with Gasteiger partial charge in [-0.2, -0.15) is 0 Å². The predicted molar refractivity (Wildman–Crippen MR) is 103 cm³/mol. The van der Waals surface area contributed by atoms with Gasteiger partial charge in [0, 0.05) is 27.2 Å². The van der Waals surface area contributed by atoms with E-state index in [-0.39, 0.29) is 29.6 Å². The van der Waals surface area contributed by atoms with Crippen LogP contribution in [0.25, 0.3) is 0 Å². The van der Waals surface area contributed by atoms with E-state index in [1.165, 1.54) is 0 Å². The van der Waals surface area contributed by atoms with Gasteiger partial charge in [0.1, 0.15) is 12.4 Å². The summed E-state index contributed by atoms with van der Waals surface area (Å²) in [5.41, 5.74) is 0.603. The molecule has 0 aliphatic heterocycles. The number of guanidine groups is 1. The van der Waals surface area contributed by atoms with E-state index >= 15 is 0 Å². The highest BCUT2D eigenvalue weighted by atomic mass is 127. The zero-order chi connectivity index (χ0) is 17.3. The van der Waals surface area contributed by atoms with Crippen LogP contribution in [0.15, 0.2) is 29.3 Å². The molecular formula is C16H26F2IN3O2. The Kier molecular flexibility index (Phi) is 10.9. The van der Waals surface area contributed by atoms with E-state index in [9.17, 15) is 8.78 Å². The molecule has 0 atom stereocenters. The summed E-state index contributed by atoms with van der Waals surface area (Å²) in [5, 5.41) is 6.32. The highest BCUT2D eigenvalue weighted by Crippen LogP contribution is 2.14. The van der Waals surface area contributed by atoms with Gasteiger partial charge in [0.05, 0.1) is 5.60 Å². The van der Waals surface area contributed by atoms with Gasteiger partial charge in [-0.15, -0.1) is 24.0 Å². The summed E-state index contributed by atoms with van der Waals surface area (Å²) >= 11 is 0. The van der Waals surface area contributed by atoms with Crippen molar-refractivity contribution in [2.75, 3.05) is 27.3 Å². The van der Waals surface area contributed by atoms with Crippen molar-refractivity contribution >= 4 is 29.9 Å². The van der Waals surface area contributed by atoms with Gasteiger partial charge in [-0.05, 0) is 31.5 Å². The Balaban J connectivity index is 0.00000529. The molecule has 1 aromatic rings. The van der Waals surface area contributed by atoms with Gasteiger partial charge in [-0.3, -0.25) is 4.99 Å². The van der Waals surface area contributed by atoms with Crippen molar-refractivity contribution in [1.82, 2.24) is 10.6 Å². The van der Waals surface area contributed by atoms with Crippen LogP contribution < -0.4 is 15.4 Å². The van der Waals surface area contributed by atoms with Gasteiger partial charge < -0.3 is 20.1 Å². The number of rotatable bonds is 8. The predicted octanol–water partition coefficient (Wildman–Crippen LogP) is 3.04. The van der Waals surface area contributed by atoms with Crippen LogP contribution in [0.5, 0.6) is 5.75 Å². The van der Waals surface area contributed by atoms with Crippen LogP contribution >= 0.6 is 24.0 Å². The summed E-state index contributed by atoms with van der Waals surface area (Å²) in [6, 6.07) is 7.03. The zero-order valence-electron chi connectivity index (χ0n) is 14.4. The van der Waals surface area contributed by atoms with Crippen molar-refractivity contribution in [1.29, 1.82) is 0 Å². The lowest BCUT2D eigenvalue weighted by atomic mass is 10.1. The summed E-state index contributed by atoms with van der Waals surface area (Å²) < 4.78 is 34.7. The lowest BCUT2D eigenvalue weighted by molar-refractivity contribution is 0.0268. The summed E-state index contributed by atoms with van der Waals surface area (Å²) in [6.45, 7) is 4.43. The smallest absolute Gasteiger partial charge is 0.272 e. The molecule has 5 nitrogen and oxygen atoms in total. The standard InChI is InChI=1S/C16H25F2N3O2.HI/c1-16(2,22-4)11-21-15(19-3)20-9-12-6-5-7-13(8-12)23-10-14(17)18;/h5-8,14H,9-11H2,1-4H3,(H2,19,20,21);1H. The minimum Gasteiger partial charge on any atom is -0.488 e. The molecule has 24 heavy (non-hydrogen) atoms. The van der Waals surface area contributed by atoms with Crippen molar-refractivity contribution < 1.29 is 18.3 Å². The van der Waals surface area contributed by atoms with Gasteiger partial charge in [-0.1, -0.05) is 12.1 Å². The quantitative estimate of drug-likeness (QED) is 0.358. The monoisotopic (exact) mass is 457 g/mol. The normalized spacial score (nSPS) is 11.9. The van der Waals surface area contributed by atoms with Crippen molar-refractivity contribution in [2.24, 2.45) is 4.99 Å². The van der Waals surface area contributed by atoms with Gasteiger partial charge in [0.25, 0.3) is 6.43 Å². The molecule has 0 spiro atoms. The van der Waals surface area contributed by atoms with Crippen LogP contribution in [-0.4, -0.2) is 45.3 Å². The summed E-state index contributed by atoms with van der Waals surface area (Å²) in [7, 11) is 3.33. The van der Waals surface area contributed by atoms with Crippen LogP contribution in [0, 0.1) is 0 Å². The first-order valence-corrected chi connectivity index (χ1v) is 7.36. The number of ether oxygens (including phenoxy) is 2. The molecule has 0 saturated heterocycles. The molecule has 0 saturated carbocycles. The average Bonchev–Trinajstić information content (AvgIpc) is 2.53. The molecule has 0 radical (unpaired) electrons. The zero-order valence-corrected chi connectivity index (χ0v) is 16.8. The molecule has 0 fully saturated rings. The lowest BCUT2D eigenvalue weighted by Gasteiger charge is -2.24. The fourth-order valence-electron chi connectivity index (χ4n) is 1.68. The van der Waals surface area contributed by atoms with Crippen molar-refractivity contribution in [3.63, 3.8) is 0 Å². The number of alkyl halides is 2. The number of nitrogens with one attached hydrogen (secondary N) is 2. The maximum absolute atomic E-state index is 12.2. The van der Waals surface area contributed by atoms with E-state index in [2.05, 4.69) is 15.6 Å². The molecule has 138 valence electrons. The van der Waals surface area contributed by atoms with Crippen molar-refractivity contribution in [3.05, 3.63) is 29.8 Å². The van der Waals surface area contributed by atoms with Crippen molar-refractivity contribution in [2.45, 2.75) is 32.4 Å². The largest absolute Gasteiger partial charge is 0.488 e. The van der Waals surface area contributed by atoms with E-state index in [1.54, 1.807) is 32.4 Å². The number of aliphatic imine (C=N–C) groups is 1. The number of hydrogen-bond donors (Lipinski definition) is 2. The molecule has 2 N–H and O–H groups in total. The molecule has 8 heteroatoms. The van der Waals surface area contributed by atoms with E-state index in [4.69, 9.17) is 9.47 Å². The highest BCUT2D eigenvalue weighted by molar-refractivity contribution is 14.0. The molecule has 0 heterocycles. The van der Waals surface area contributed by atoms with Crippen LogP contribution in [0.3, 0.4) is 0 Å². The first-order valence-electron chi connectivity index (χ1n) is 7.36. The Morgan fingerprint density at radius 1 is 1.29 bits per heavy atom. The SMILES string of the molecule is CN=C(NCc1cccc(OCC(F)F)c1)NCC(C)(C)OC.I. The molecule has 0 amide bonds. The Hall–Kier alpha value is -1.16. The first kappa shape index (κ1) is 22.8. The second-order valence-corrected chi connectivity index (χ2v) is 5.59. The molecule has 1 rings (SSSR count). The molecule has 0 aliphatic rings. The van der Waals surface area contributed by atoms with Crippen molar-refractivity contribution in [3.8, 4) is 5.75 Å². The second kappa shape index (κ2) is 11.4. The Bertz CT molecular complexity index is 514. The second-order valence-electron chi connectivity index (χ2n) is 5.59. The van der Waals surface area contributed by atoms with E-state index in [0.29, 0.717) is 24.8 Å². The molecule has 0 bridgehead atoms. The van der Waals surface area contributed by atoms with Gasteiger partial charge in [0.2, 0.25) is 0 Å². The first-order chi connectivity index (χ1) is 10.9. The van der Waals surface area contributed by atoms with Gasteiger partial charge in [-0.25, -0.2) is 8.78 Å². The third kappa shape index (κ3) is 9.21. The van der Waals surface area contributed by atoms with Crippen LogP contribution in [0.4, 0.5) is 8.78 Å². The van der Waals surface area contributed by atoms with E-state index in [1.807, 2.05) is 19.9 Å². The molecule has 0 aromatic heterocycles. The fraction of sp³-hybridized carbons (Fsp3) is 0.562. The summed E-state index contributed by atoms with van der Waals surface area (Å²) in [6.07, 6.45) is -2.48. The fourth-order valence-corrected chi connectivity index (χ4v) is 1.68. The third-order valence-electron chi connectivity index (χ3n) is 3.19. The highest BCUT2D eigenvalue weighted by Gasteiger charge is 2.16. The van der Waals surface area contributed by atoms with Gasteiger partial charge >= 0.3 is 0 Å². The maximum atomic E-state index is 12.2. The Labute approximate surface area is 159 Å².